The van der Waals surface area contributed by atoms with Crippen LogP contribution in [0.5, 0.6) is 0 Å². The van der Waals surface area contributed by atoms with Crippen molar-refractivity contribution in [1.29, 1.82) is 0 Å². The van der Waals surface area contributed by atoms with Gasteiger partial charge in [-0.15, -0.1) is 0 Å². The standard InChI is InChI=1S/C26H38N6O3/c1-6-7-15-31-24-23(25(34)29-26(31)35)32(17-18(2)3)21(28-24)13-14-22(33)27-16-20(30(4)5)19-11-9-8-10-12-19/h8-12,18,20H,6-7,13-17H2,1-5H3,(H,27,33)(H,29,34,35). The van der Waals surface area contributed by atoms with Crippen LogP contribution in [0.3, 0.4) is 0 Å². The highest BCUT2D eigenvalue weighted by Gasteiger charge is 2.20. The minimum atomic E-state index is -0.440. The molecule has 3 rings (SSSR count). The molecule has 1 aromatic carbocycles. The summed E-state index contributed by atoms with van der Waals surface area (Å²) >= 11 is 0. The Labute approximate surface area is 206 Å². The minimum Gasteiger partial charge on any atom is -0.354 e. The zero-order valence-corrected chi connectivity index (χ0v) is 21.5. The summed E-state index contributed by atoms with van der Waals surface area (Å²) in [6, 6.07) is 10.1. The molecule has 0 aliphatic rings. The molecular formula is C26H38N6O3. The van der Waals surface area contributed by atoms with Crippen molar-refractivity contribution in [2.24, 2.45) is 5.92 Å². The van der Waals surface area contributed by atoms with Gasteiger partial charge in [-0.05, 0) is 32.0 Å². The molecule has 0 bridgehead atoms. The molecule has 190 valence electrons. The van der Waals surface area contributed by atoms with E-state index in [4.69, 9.17) is 4.98 Å². The number of aromatic amines is 1. The summed E-state index contributed by atoms with van der Waals surface area (Å²) in [7, 11) is 3.99. The summed E-state index contributed by atoms with van der Waals surface area (Å²) in [6.07, 6.45) is 2.36. The van der Waals surface area contributed by atoms with Crippen LogP contribution >= 0.6 is 0 Å². The molecular weight excluding hydrogens is 444 g/mol. The molecule has 1 amide bonds. The number of carbonyl (C=O) groups is 1. The molecule has 1 unspecified atom stereocenters. The Morgan fingerprint density at radius 3 is 2.49 bits per heavy atom. The van der Waals surface area contributed by atoms with Gasteiger partial charge in [0.2, 0.25) is 5.91 Å². The highest BCUT2D eigenvalue weighted by molar-refractivity contribution is 5.76. The Balaban J connectivity index is 1.81. The van der Waals surface area contributed by atoms with Crippen molar-refractivity contribution in [2.75, 3.05) is 20.6 Å². The van der Waals surface area contributed by atoms with Gasteiger partial charge in [0.1, 0.15) is 5.82 Å². The molecule has 9 nitrogen and oxygen atoms in total. The second-order valence-corrected chi connectivity index (χ2v) is 9.66. The molecule has 0 fully saturated rings. The van der Waals surface area contributed by atoms with Gasteiger partial charge in [0.05, 0.1) is 6.04 Å². The lowest BCUT2D eigenvalue weighted by atomic mass is 10.1. The average Bonchev–Trinajstić information content (AvgIpc) is 3.16. The van der Waals surface area contributed by atoms with Crippen molar-refractivity contribution in [1.82, 2.24) is 29.3 Å². The van der Waals surface area contributed by atoms with Crippen LogP contribution in [0.15, 0.2) is 39.9 Å². The number of hydrogen-bond acceptors (Lipinski definition) is 5. The second-order valence-electron chi connectivity index (χ2n) is 9.66. The number of fused-ring (bicyclic) bond motifs is 1. The van der Waals surface area contributed by atoms with E-state index in [2.05, 4.69) is 41.2 Å². The number of likely N-dealkylation sites (N-methyl/N-ethyl adjacent to an activating group) is 1. The lowest BCUT2D eigenvalue weighted by Gasteiger charge is -2.25. The number of hydrogen-bond donors (Lipinski definition) is 2. The maximum atomic E-state index is 12.8. The van der Waals surface area contributed by atoms with E-state index in [1.165, 1.54) is 0 Å². The number of aromatic nitrogens is 4. The molecule has 0 aliphatic heterocycles. The fourth-order valence-corrected chi connectivity index (χ4v) is 4.29. The van der Waals surface area contributed by atoms with Crippen molar-refractivity contribution >= 4 is 17.1 Å². The van der Waals surface area contributed by atoms with Crippen molar-refractivity contribution < 1.29 is 4.79 Å². The third-order valence-corrected chi connectivity index (χ3v) is 6.12. The van der Waals surface area contributed by atoms with Gasteiger partial charge in [0.15, 0.2) is 11.2 Å². The van der Waals surface area contributed by atoms with Crippen molar-refractivity contribution in [3.05, 3.63) is 62.6 Å². The Morgan fingerprint density at radius 1 is 1.14 bits per heavy atom. The topological polar surface area (TPSA) is 105 Å². The number of aryl methyl sites for hydroxylation is 2. The molecule has 0 saturated heterocycles. The van der Waals surface area contributed by atoms with Crippen LogP contribution in [0.4, 0.5) is 0 Å². The number of nitrogens with one attached hydrogen (secondary N) is 2. The first-order chi connectivity index (χ1) is 16.7. The van der Waals surface area contributed by atoms with Crippen molar-refractivity contribution in [2.45, 2.75) is 65.6 Å². The van der Waals surface area contributed by atoms with Gasteiger partial charge in [-0.25, -0.2) is 9.78 Å². The third kappa shape index (κ3) is 6.48. The van der Waals surface area contributed by atoms with E-state index in [1.807, 2.05) is 43.8 Å². The monoisotopic (exact) mass is 482 g/mol. The largest absolute Gasteiger partial charge is 0.354 e. The zero-order chi connectivity index (χ0) is 25.5. The van der Waals surface area contributed by atoms with E-state index >= 15 is 0 Å². The third-order valence-electron chi connectivity index (χ3n) is 6.12. The van der Waals surface area contributed by atoms with Gasteiger partial charge in [-0.2, -0.15) is 0 Å². The van der Waals surface area contributed by atoms with Crippen LogP contribution in [0.2, 0.25) is 0 Å². The smallest absolute Gasteiger partial charge is 0.330 e. The second kappa shape index (κ2) is 12.0. The van der Waals surface area contributed by atoms with E-state index in [0.29, 0.717) is 43.0 Å². The lowest BCUT2D eigenvalue weighted by Crippen LogP contribution is -2.34. The first kappa shape index (κ1) is 26.4. The highest BCUT2D eigenvalue weighted by atomic mass is 16.2. The number of amides is 1. The first-order valence-corrected chi connectivity index (χ1v) is 12.4. The highest BCUT2D eigenvalue weighted by Crippen LogP contribution is 2.18. The van der Waals surface area contributed by atoms with Gasteiger partial charge in [-0.1, -0.05) is 57.5 Å². The number of unbranched alkanes of at least 4 members (excludes halogenated alkanes) is 1. The van der Waals surface area contributed by atoms with Crippen LogP contribution in [-0.2, 0) is 24.3 Å². The van der Waals surface area contributed by atoms with E-state index < -0.39 is 11.2 Å². The first-order valence-electron chi connectivity index (χ1n) is 12.4. The summed E-state index contributed by atoms with van der Waals surface area (Å²) in [5.41, 5.74) is 1.07. The number of carbonyl (C=O) groups excluding carboxylic acids is 1. The van der Waals surface area contributed by atoms with Crippen LogP contribution in [0.25, 0.3) is 11.2 Å². The Hall–Kier alpha value is -3.20. The number of rotatable bonds is 12. The van der Waals surface area contributed by atoms with Gasteiger partial charge >= 0.3 is 5.69 Å². The van der Waals surface area contributed by atoms with Crippen molar-refractivity contribution in [3.63, 3.8) is 0 Å². The summed E-state index contributed by atoms with van der Waals surface area (Å²) in [6.45, 7) is 7.75. The molecule has 2 N–H and O–H groups in total. The van der Waals surface area contributed by atoms with Gasteiger partial charge < -0.3 is 14.8 Å². The van der Waals surface area contributed by atoms with Crippen LogP contribution in [0.1, 0.15) is 57.5 Å². The lowest BCUT2D eigenvalue weighted by molar-refractivity contribution is -0.121. The van der Waals surface area contributed by atoms with Gasteiger partial charge in [0.25, 0.3) is 5.56 Å². The fraction of sp³-hybridized carbons (Fsp3) is 0.538. The molecule has 9 heteroatoms. The summed E-state index contributed by atoms with van der Waals surface area (Å²) in [4.78, 5) is 47.2. The molecule has 0 aliphatic carbocycles. The quantitative estimate of drug-likeness (QED) is 0.413. The Kier molecular flexibility index (Phi) is 9.03. The van der Waals surface area contributed by atoms with E-state index in [9.17, 15) is 14.4 Å². The maximum absolute atomic E-state index is 12.8. The summed E-state index contributed by atoms with van der Waals surface area (Å²) in [5, 5.41) is 3.05. The fourth-order valence-electron chi connectivity index (χ4n) is 4.29. The van der Waals surface area contributed by atoms with E-state index in [-0.39, 0.29) is 24.3 Å². The van der Waals surface area contributed by atoms with E-state index in [1.54, 1.807) is 4.57 Å². The molecule has 0 spiro atoms. The minimum absolute atomic E-state index is 0.0669. The number of imidazole rings is 1. The van der Waals surface area contributed by atoms with Crippen LogP contribution < -0.4 is 16.6 Å². The number of benzene rings is 1. The van der Waals surface area contributed by atoms with E-state index in [0.717, 1.165) is 18.4 Å². The van der Waals surface area contributed by atoms with Crippen LogP contribution in [0, 0.1) is 5.92 Å². The molecule has 35 heavy (non-hydrogen) atoms. The normalized spacial score (nSPS) is 12.5. The molecule has 0 radical (unpaired) electrons. The number of nitrogens with zero attached hydrogens (tertiary/aromatic N) is 4. The molecule has 0 saturated carbocycles. The average molecular weight is 483 g/mol. The van der Waals surface area contributed by atoms with Crippen molar-refractivity contribution in [3.8, 4) is 0 Å². The zero-order valence-electron chi connectivity index (χ0n) is 21.5. The maximum Gasteiger partial charge on any atom is 0.330 e. The number of H-pyrrole nitrogens is 1. The Bertz CT molecular complexity index is 1240. The Morgan fingerprint density at radius 2 is 1.86 bits per heavy atom. The van der Waals surface area contributed by atoms with Gasteiger partial charge in [-0.3, -0.25) is 19.1 Å². The molecule has 1 atom stereocenters. The molecule has 2 aromatic heterocycles. The SMILES string of the molecule is CCCCn1c(=O)[nH]c(=O)c2c1nc(CCC(=O)NCC(c1ccccc1)N(C)C)n2CC(C)C. The predicted octanol–water partition coefficient (Wildman–Crippen LogP) is 2.69. The summed E-state index contributed by atoms with van der Waals surface area (Å²) < 4.78 is 3.42. The summed E-state index contributed by atoms with van der Waals surface area (Å²) in [5.74, 6) is 0.841. The molecule has 2 heterocycles. The van der Waals surface area contributed by atoms with Crippen LogP contribution in [-0.4, -0.2) is 50.5 Å². The van der Waals surface area contributed by atoms with Gasteiger partial charge in [0, 0.05) is 32.5 Å². The molecule has 3 aromatic rings. The predicted molar refractivity (Wildman–Crippen MR) is 139 cm³/mol.